The summed E-state index contributed by atoms with van der Waals surface area (Å²) in [7, 11) is 0. The van der Waals surface area contributed by atoms with Crippen LogP contribution < -0.4 is 5.43 Å². The number of nitrogens with one attached hydrogen (secondary N) is 1. The van der Waals surface area contributed by atoms with E-state index in [1.54, 1.807) is 63.2 Å². The van der Waals surface area contributed by atoms with Gasteiger partial charge in [0, 0.05) is 28.2 Å². The summed E-state index contributed by atoms with van der Waals surface area (Å²) in [6.45, 7) is 5.32. The Balaban J connectivity index is 1.43. The fourth-order valence-electron chi connectivity index (χ4n) is 8.52. The molecule has 7 rings (SSSR count). The van der Waals surface area contributed by atoms with E-state index in [0.29, 0.717) is 39.0 Å². The Morgan fingerprint density at radius 1 is 0.940 bits per heavy atom. The van der Waals surface area contributed by atoms with Crippen LogP contribution >= 0.6 is 23.2 Å². The second-order valence-electron chi connectivity index (χ2n) is 14.2. The van der Waals surface area contributed by atoms with Crippen LogP contribution in [0.3, 0.4) is 0 Å². The van der Waals surface area contributed by atoms with E-state index in [0.717, 1.165) is 0 Å². The lowest BCUT2D eigenvalue weighted by Gasteiger charge is -2.50. The molecule has 2 saturated heterocycles. The average molecular weight is 728 g/mol. The van der Waals surface area contributed by atoms with Gasteiger partial charge in [-0.3, -0.25) is 29.5 Å². The van der Waals surface area contributed by atoms with Crippen molar-refractivity contribution in [3.63, 3.8) is 0 Å². The van der Waals surface area contributed by atoms with Crippen molar-refractivity contribution in [2.75, 3.05) is 5.43 Å². The van der Waals surface area contributed by atoms with Gasteiger partial charge < -0.3 is 5.11 Å². The molecule has 0 spiro atoms. The summed E-state index contributed by atoms with van der Waals surface area (Å²) < 4.78 is 40.2. The van der Waals surface area contributed by atoms with Gasteiger partial charge in [0.2, 0.25) is 11.8 Å². The molecule has 2 N–H and O–H groups in total. The maximum Gasteiger partial charge on any atom is 0.417 e. The SMILES string of the molecule is CC(C)(C)N1C(=O)[C@H]2[C@H](CC=C3[C@H]2C[C@H]2C(=O)N(Nc4ncc(C(F)(F)F)cc4Cl)C(=O)[C@@]2(c2ccc(Cl)cc2)[C@H]3c2ccccc2O)C1=O. The molecule has 0 bridgehead atoms. The molecule has 3 heterocycles. The lowest BCUT2D eigenvalue weighted by atomic mass is 9.49. The molecule has 1 saturated carbocycles. The lowest BCUT2D eigenvalue weighted by molar-refractivity contribution is -0.146. The number of aromatic hydroxyl groups is 1. The van der Waals surface area contributed by atoms with Crippen LogP contribution in [0.1, 0.15) is 56.2 Å². The van der Waals surface area contributed by atoms with Crippen molar-refractivity contribution in [3.05, 3.63) is 99.2 Å². The molecule has 4 aliphatic rings. The van der Waals surface area contributed by atoms with Gasteiger partial charge in [-0.15, -0.1) is 0 Å². The number of phenolic OH excluding ortho intramolecular Hbond substituents is 1. The number of hydrazine groups is 1. The van der Waals surface area contributed by atoms with E-state index < -0.39 is 69.1 Å². The molecule has 14 heteroatoms. The summed E-state index contributed by atoms with van der Waals surface area (Å²) in [5, 5.41) is 12.0. The molecule has 0 unspecified atom stereocenters. The van der Waals surface area contributed by atoms with Crippen molar-refractivity contribution in [1.29, 1.82) is 0 Å². The number of phenols is 1. The Hall–Kier alpha value is -4.42. The fourth-order valence-corrected chi connectivity index (χ4v) is 8.85. The third-order valence-corrected chi connectivity index (χ3v) is 11.0. The van der Waals surface area contributed by atoms with E-state index in [4.69, 9.17) is 23.2 Å². The van der Waals surface area contributed by atoms with Gasteiger partial charge in [0.25, 0.3) is 11.8 Å². The number of likely N-dealkylation sites (tertiary alicyclic amines) is 1. The Morgan fingerprint density at radius 2 is 1.62 bits per heavy atom. The molecule has 50 heavy (non-hydrogen) atoms. The van der Waals surface area contributed by atoms with Crippen molar-refractivity contribution >= 4 is 52.6 Å². The zero-order valence-electron chi connectivity index (χ0n) is 27.0. The minimum absolute atomic E-state index is 0.0202. The number of carbonyl (C=O) groups is 4. The van der Waals surface area contributed by atoms with E-state index in [-0.39, 0.29) is 36.2 Å². The first-order valence-corrected chi connectivity index (χ1v) is 16.7. The number of amides is 4. The number of aromatic nitrogens is 1. The zero-order chi connectivity index (χ0) is 36.1. The normalized spacial score (nSPS) is 28.0. The summed E-state index contributed by atoms with van der Waals surface area (Å²) in [5.74, 6) is -7.07. The largest absolute Gasteiger partial charge is 0.508 e. The molecule has 1 aromatic heterocycles. The van der Waals surface area contributed by atoms with E-state index in [1.165, 1.54) is 11.0 Å². The minimum Gasteiger partial charge on any atom is -0.508 e. The number of carbonyl (C=O) groups excluding carboxylic acids is 4. The molecular formula is C36H31Cl2F3N4O5. The molecule has 9 nitrogen and oxygen atoms in total. The monoisotopic (exact) mass is 726 g/mol. The van der Waals surface area contributed by atoms with Crippen LogP contribution in [-0.2, 0) is 30.8 Å². The highest BCUT2D eigenvalue weighted by atomic mass is 35.5. The standard InChI is InChI=1S/C36H31Cl2F3N4O5/c1-34(2,3)44-30(47)22-13-12-20-23(27(22)32(44)49)15-24-31(48)45(43-29-25(38)14-18(16-42-29)36(39,40)41)33(50)35(24,17-8-10-19(37)11-9-17)28(20)21-6-4-5-7-26(21)46/h4-12,14,16,22-24,27-28,46H,13,15H2,1-3H3,(H,42,43)/t22-,23+,24-,27-,28+,35+/m0/s1. The number of pyridine rings is 1. The predicted molar refractivity (Wildman–Crippen MR) is 177 cm³/mol. The molecule has 260 valence electrons. The van der Waals surface area contributed by atoms with Crippen LogP contribution in [0.4, 0.5) is 19.0 Å². The first-order valence-electron chi connectivity index (χ1n) is 16.0. The van der Waals surface area contributed by atoms with Crippen LogP contribution in [0, 0.1) is 23.7 Å². The Morgan fingerprint density at radius 3 is 2.24 bits per heavy atom. The van der Waals surface area contributed by atoms with Crippen LogP contribution in [0.15, 0.2) is 72.4 Å². The third kappa shape index (κ3) is 4.93. The summed E-state index contributed by atoms with van der Waals surface area (Å²) in [6.07, 6.45) is -2.16. The van der Waals surface area contributed by atoms with Gasteiger partial charge in [-0.1, -0.05) is 65.2 Å². The van der Waals surface area contributed by atoms with Gasteiger partial charge in [0.1, 0.15) is 5.75 Å². The number of allylic oxidation sites excluding steroid dienone is 2. The molecule has 3 aromatic rings. The second-order valence-corrected chi connectivity index (χ2v) is 15.0. The molecule has 2 aliphatic heterocycles. The smallest absolute Gasteiger partial charge is 0.417 e. The van der Waals surface area contributed by atoms with Gasteiger partial charge in [-0.25, -0.2) is 4.98 Å². The van der Waals surface area contributed by atoms with E-state index in [9.17, 15) is 32.7 Å². The molecule has 4 amide bonds. The first-order chi connectivity index (χ1) is 23.5. The summed E-state index contributed by atoms with van der Waals surface area (Å²) in [6, 6.07) is 13.4. The van der Waals surface area contributed by atoms with Gasteiger partial charge in [0.05, 0.1) is 33.8 Å². The van der Waals surface area contributed by atoms with Gasteiger partial charge in [0.15, 0.2) is 5.82 Å². The van der Waals surface area contributed by atoms with Crippen LogP contribution in [-0.4, -0.2) is 49.2 Å². The minimum atomic E-state index is -4.74. The number of imide groups is 2. The number of nitrogens with zero attached hydrogens (tertiary/aromatic N) is 3. The topological polar surface area (TPSA) is 120 Å². The van der Waals surface area contributed by atoms with Crippen molar-refractivity contribution in [2.45, 2.75) is 56.7 Å². The highest BCUT2D eigenvalue weighted by Crippen LogP contribution is 2.65. The number of halogens is 5. The Labute approximate surface area is 295 Å². The highest BCUT2D eigenvalue weighted by molar-refractivity contribution is 6.33. The first kappa shape index (κ1) is 34.0. The fraction of sp³-hybridized carbons (Fsp3) is 0.361. The van der Waals surface area contributed by atoms with E-state index in [2.05, 4.69) is 10.4 Å². The summed E-state index contributed by atoms with van der Waals surface area (Å²) >= 11 is 12.5. The number of alkyl halides is 3. The number of rotatable bonds is 4. The number of hydrogen-bond acceptors (Lipinski definition) is 7. The quantitative estimate of drug-likeness (QED) is 0.222. The molecule has 2 aliphatic carbocycles. The third-order valence-electron chi connectivity index (χ3n) is 10.5. The van der Waals surface area contributed by atoms with Gasteiger partial charge >= 0.3 is 6.18 Å². The maximum absolute atomic E-state index is 15.1. The number of anilines is 1. The summed E-state index contributed by atoms with van der Waals surface area (Å²) in [4.78, 5) is 62.7. The molecule has 0 radical (unpaired) electrons. The van der Waals surface area contributed by atoms with Crippen LogP contribution in [0.2, 0.25) is 10.0 Å². The number of benzene rings is 2. The maximum atomic E-state index is 15.1. The van der Waals surface area contributed by atoms with Crippen molar-refractivity contribution in [1.82, 2.24) is 14.9 Å². The highest BCUT2D eigenvalue weighted by Gasteiger charge is 2.71. The van der Waals surface area contributed by atoms with Crippen molar-refractivity contribution in [3.8, 4) is 5.75 Å². The van der Waals surface area contributed by atoms with Crippen LogP contribution in [0.25, 0.3) is 0 Å². The van der Waals surface area contributed by atoms with Crippen molar-refractivity contribution < 1.29 is 37.5 Å². The number of para-hydroxylation sites is 1. The molecule has 2 aromatic carbocycles. The summed E-state index contributed by atoms with van der Waals surface area (Å²) in [5.41, 5.74) is 0.263. The average Bonchev–Trinajstić information content (AvgIpc) is 3.43. The predicted octanol–water partition coefficient (Wildman–Crippen LogP) is 6.90. The lowest BCUT2D eigenvalue weighted by Crippen LogP contribution is -2.53. The second kappa shape index (κ2) is 11.6. The van der Waals surface area contributed by atoms with Crippen molar-refractivity contribution in [2.24, 2.45) is 23.7 Å². The Bertz CT molecular complexity index is 2000. The zero-order valence-corrected chi connectivity index (χ0v) is 28.5. The molecular weight excluding hydrogens is 696 g/mol. The van der Waals surface area contributed by atoms with Gasteiger partial charge in [-0.05, 0) is 69.4 Å². The number of fused-ring (bicyclic) bond motifs is 4. The Kier molecular flexibility index (Phi) is 7.87. The number of hydrogen-bond donors (Lipinski definition) is 2. The molecule has 6 atom stereocenters. The van der Waals surface area contributed by atoms with Gasteiger partial charge in [-0.2, -0.15) is 18.2 Å². The van der Waals surface area contributed by atoms with E-state index in [1.807, 2.05) is 6.08 Å². The molecule has 3 fully saturated rings. The van der Waals surface area contributed by atoms with Crippen LogP contribution in [0.5, 0.6) is 5.75 Å². The van der Waals surface area contributed by atoms with E-state index >= 15 is 4.79 Å².